The van der Waals surface area contributed by atoms with Gasteiger partial charge in [0.1, 0.15) is 0 Å². The summed E-state index contributed by atoms with van der Waals surface area (Å²) in [6, 6.07) is 10.2. The van der Waals surface area contributed by atoms with Crippen molar-refractivity contribution < 1.29 is 21.6 Å². The van der Waals surface area contributed by atoms with Crippen LogP contribution in [0.2, 0.25) is 0 Å². The molecule has 0 aliphatic carbocycles. The molecule has 0 bridgehead atoms. The van der Waals surface area contributed by atoms with Crippen molar-refractivity contribution in [1.82, 2.24) is 0 Å². The molecular weight excluding hydrogens is 357 g/mol. The fraction of sp³-hybridized carbons (Fsp3) is 0.0769. The van der Waals surface area contributed by atoms with E-state index in [-0.39, 0.29) is 14.3 Å². The van der Waals surface area contributed by atoms with E-state index < -0.39 is 21.6 Å². The Balaban J connectivity index is 2.53. The fourth-order valence-corrected chi connectivity index (χ4v) is 3.69. The van der Waals surface area contributed by atoms with Crippen LogP contribution in [-0.4, -0.2) is 8.42 Å². The molecule has 0 aliphatic rings. The summed E-state index contributed by atoms with van der Waals surface area (Å²) in [7, 11) is -3.82. The Morgan fingerprint density at radius 1 is 0.900 bits per heavy atom. The van der Waals surface area contributed by atoms with E-state index in [1.165, 1.54) is 12.1 Å². The molecule has 2 aromatic carbocycles. The largest absolute Gasteiger partial charge is 0.417 e. The van der Waals surface area contributed by atoms with Crippen LogP contribution in [-0.2, 0) is 16.0 Å². The van der Waals surface area contributed by atoms with Gasteiger partial charge in [0, 0.05) is 4.47 Å². The molecular formula is C13H8BrF3O2S. The van der Waals surface area contributed by atoms with E-state index in [0.29, 0.717) is 0 Å². The van der Waals surface area contributed by atoms with Gasteiger partial charge in [0.2, 0.25) is 9.84 Å². The Labute approximate surface area is 122 Å². The predicted molar refractivity (Wildman–Crippen MR) is 71.0 cm³/mol. The summed E-state index contributed by atoms with van der Waals surface area (Å²) in [6.45, 7) is 0. The molecule has 0 spiro atoms. The lowest BCUT2D eigenvalue weighted by atomic mass is 10.2. The van der Waals surface area contributed by atoms with Gasteiger partial charge in [-0.3, -0.25) is 0 Å². The third-order valence-electron chi connectivity index (χ3n) is 2.61. The average molecular weight is 365 g/mol. The summed E-state index contributed by atoms with van der Waals surface area (Å²) in [5.41, 5.74) is -0.912. The molecule has 0 fully saturated rings. The summed E-state index contributed by atoms with van der Waals surface area (Å²) < 4.78 is 62.0. The number of sulfone groups is 1. The maximum absolute atomic E-state index is 12.6. The van der Waals surface area contributed by atoms with E-state index in [0.717, 1.165) is 18.2 Å². The first kappa shape index (κ1) is 15.1. The maximum Gasteiger partial charge on any atom is 0.417 e. The quantitative estimate of drug-likeness (QED) is 0.795. The van der Waals surface area contributed by atoms with E-state index in [2.05, 4.69) is 15.9 Å². The lowest BCUT2D eigenvalue weighted by Gasteiger charge is -2.11. The van der Waals surface area contributed by atoms with Crippen molar-refractivity contribution in [3.05, 3.63) is 58.6 Å². The van der Waals surface area contributed by atoms with Crippen LogP contribution in [0.3, 0.4) is 0 Å². The van der Waals surface area contributed by atoms with Crippen LogP contribution in [0.4, 0.5) is 13.2 Å². The van der Waals surface area contributed by atoms with E-state index >= 15 is 0 Å². The van der Waals surface area contributed by atoms with Crippen LogP contribution < -0.4 is 0 Å². The highest BCUT2D eigenvalue weighted by Gasteiger charge is 2.33. The van der Waals surface area contributed by atoms with E-state index in [1.807, 2.05) is 0 Å². The third kappa shape index (κ3) is 2.88. The molecule has 2 rings (SSSR count). The zero-order chi connectivity index (χ0) is 15.0. The first-order chi connectivity index (χ1) is 9.23. The van der Waals surface area contributed by atoms with Crippen LogP contribution in [0.1, 0.15) is 5.56 Å². The summed E-state index contributed by atoms with van der Waals surface area (Å²) >= 11 is 2.76. The lowest BCUT2D eigenvalue weighted by molar-refractivity contribution is -0.138. The minimum absolute atomic E-state index is 0.0339. The first-order valence-electron chi connectivity index (χ1n) is 5.40. The Morgan fingerprint density at radius 3 is 2.00 bits per heavy atom. The second kappa shape index (κ2) is 5.21. The van der Waals surface area contributed by atoms with Gasteiger partial charge in [-0.05, 0) is 30.3 Å². The van der Waals surface area contributed by atoms with Crippen molar-refractivity contribution in [2.45, 2.75) is 16.0 Å². The molecule has 0 aromatic heterocycles. The summed E-state index contributed by atoms with van der Waals surface area (Å²) in [5, 5.41) is 0. The fourth-order valence-electron chi connectivity index (χ4n) is 1.63. The van der Waals surface area contributed by atoms with Crippen LogP contribution >= 0.6 is 15.9 Å². The van der Waals surface area contributed by atoms with Gasteiger partial charge < -0.3 is 0 Å². The third-order valence-corrected chi connectivity index (χ3v) is 5.03. The molecule has 106 valence electrons. The number of alkyl halides is 3. The molecule has 0 N–H and O–H groups in total. The van der Waals surface area contributed by atoms with Crippen LogP contribution in [0.15, 0.2) is 62.8 Å². The second-order valence-electron chi connectivity index (χ2n) is 3.96. The summed E-state index contributed by atoms with van der Waals surface area (Å²) in [6.07, 6.45) is -4.53. The van der Waals surface area contributed by atoms with Gasteiger partial charge in [0.05, 0.1) is 15.4 Å². The Bertz CT molecular complexity index is 725. The van der Waals surface area contributed by atoms with Crippen molar-refractivity contribution in [2.75, 3.05) is 0 Å². The normalized spacial score (nSPS) is 12.4. The van der Waals surface area contributed by atoms with Crippen molar-refractivity contribution in [3.63, 3.8) is 0 Å². The second-order valence-corrected chi connectivity index (χ2v) is 6.76. The number of hydrogen-bond acceptors (Lipinski definition) is 2. The van der Waals surface area contributed by atoms with Crippen molar-refractivity contribution in [1.29, 1.82) is 0 Å². The van der Waals surface area contributed by atoms with E-state index in [1.54, 1.807) is 18.2 Å². The van der Waals surface area contributed by atoms with E-state index in [4.69, 9.17) is 0 Å². The van der Waals surface area contributed by atoms with Gasteiger partial charge in [-0.1, -0.05) is 34.1 Å². The van der Waals surface area contributed by atoms with Crippen molar-refractivity contribution in [2.24, 2.45) is 0 Å². The van der Waals surface area contributed by atoms with Gasteiger partial charge in [-0.25, -0.2) is 8.42 Å². The monoisotopic (exact) mass is 364 g/mol. The lowest BCUT2D eigenvalue weighted by Crippen LogP contribution is -2.08. The highest BCUT2D eigenvalue weighted by molar-refractivity contribution is 9.10. The number of hydrogen-bond donors (Lipinski definition) is 0. The summed E-state index contributed by atoms with van der Waals surface area (Å²) in [4.78, 5) is -0.157. The zero-order valence-corrected chi connectivity index (χ0v) is 12.3. The van der Waals surface area contributed by atoms with Gasteiger partial charge in [-0.2, -0.15) is 13.2 Å². The van der Waals surface area contributed by atoms with Gasteiger partial charge in [0.25, 0.3) is 0 Å². The standard InChI is InChI=1S/C13H8BrF3O2S/c14-12-8-10(6-7-11(12)13(15,16)17)20(18,19)9-4-2-1-3-5-9/h1-8H. The minimum atomic E-state index is -4.53. The highest BCUT2D eigenvalue weighted by atomic mass is 79.9. The molecule has 0 radical (unpaired) electrons. The maximum atomic E-state index is 12.6. The average Bonchev–Trinajstić information content (AvgIpc) is 2.38. The van der Waals surface area contributed by atoms with Gasteiger partial charge in [0.15, 0.2) is 0 Å². The molecule has 2 aromatic rings. The molecule has 0 aliphatic heterocycles. The molecule has 0 saturated carbocycles. The smallest absolute Gasteiger partial charge is 0.219 e. The SMILES string of the molecule is O=S(=O)(c1ccccc1)c1ccc(C(F)(F)F)c(Br)c1. The number of rotatable bonds is 2. The minimum Gasteiger partial charge on any atom is -0.219 e. The number of benzene rings is 2. The molecule has 7 heteroatoms. The molecule has 20 heavy (non-hydrogen) atoms. The first-order valence-corrected chi connectivity index (χ1v) is 7.67. The topological polar surface area (TPSA) is 34.1 Å². The summed E-state index contributed by atoms with van der Waals surface area (Å²) in [5.74, 6) is 0. The molecule has 0 atom stereocenters. The van der Waals surface area contributed by atoms with Crippen LogP contribution in [0.25, 0.3) is 0 Å². The molecule has 0 amide bonds. The number of halogens is 4. The van der Waals surface area contributed by atoms with Gasteiger partial charge in [-0.15, -0.1) is 0 Å². The predicted octanol–water partition coefficient (Wildman–Crippen LogP) is 4.30. The Morgan fingerprint density at radius 2 is 1.50 bits per heavy atom. The molecule has 2 nitrogen and oxygen atoms in total. The Kier molecular flexibility index (Phi) is 3.93. The molecule has 0 heterocycles. The Hall–Kier alpha value is -1.34. The van der Waals surface area contributed by atoms with Crippen molar-refractivity contribution in [3.8, 4) is 0 Å². The molecule has 0 saturated heterocycles. The van der Waals surface area contributed by atoms with Crippen LogP contribution in [0.5, 0.6) is 0 Å². The zero-order valence-electron chi connectivity index (χ0n) is 9.86. The highest BCUT2D eigenvalue weighted by Crippen LogP contribution is 2.36. The van der Waals surface area contributed by atoms with E-state index in [9.17, 15) is 21.6 Å². The van der Waals surface area contributed by atoms with Gasteiger partial charge >= 0.3 is 6.18 Å². The molecule has 0 unspecified atom stereocenters. The van der Waals surface area contributed by atoms with Crippen molar-refractivity contribution >= 4 is 25.8 Å². The van der Waals surface area contributed by atoms with Crippen LogP contribution in [0, 0.1) is 0 Å².